The van der Waals surface area contributed by atoms with Crippen LogP contribution in [0.4, 0.5) is 10.1 Å². The van der Waals surface area contributed by atoms with E-state index in [-0.39, 0.29) is 5.82 Å². The molecule has 1 aliphatic rings. The van der Waals surface area contributed by atoms with E-state index in [2.05, 4.69) is 11.8 Å². The Morgan fingerprint density at radius 3 is 2.89 bits per heavy atom. The van der Waals surface area contributed by atoms with Crippen LogP contribution in [-0.2, 0) is 4.79 Å². The quantitative estimate of drug-likeness (QED) is 0.837. The average molecular weight is 249 g/mol. The summed E-state index contributed by atoms with van der Waals surface area (Å²) in [4.78, 5) is 12.4. The minimum absolute atomic E-state index is 0.295. The molecule has 1 fully saturated rings. The highest BCUT2D eigenvalue weighted by molar-refractivity contribution is 5.85. The molecule has 1 N–H and O–H groups in total. The van der Waals surface area contributed by atoms with Crippen LogP contribution in [0.1, 0.15) is 25.3 Å². The molecule has 0 bridgehead atoms. The van der Waals surface area contributed by atoms with Crippen LogP contribution in [0.25, 0.3) is 6.08 Å². The predicted molar refractivity (Wildman–Crippen MR) is 69.1 cm³/mol. The highest BCUT2D eigenvalue weighted by Gasteiger charge is 2.22. The monoisotopic (exact) mass is 249 g/mol. The molecular weight excluding hydrogens is 233 g/mol. The van der Waals surface area contributed by atoms with E-state index in [1.807, 2.05) is 0 Å². The summed E-state index contributed by atoms with van der Waals surface area (Å²) in [5, 5.41) is 8.52. The molecule has 1 atom stereocenters. The van der Waals surface area contributed by atoms with Crippen LogP contribution in [0.5, 0.6) is 0 Å². The molecule has 1 heterocycles. The molecule has 1 aliphatic heterocycles. The van der Waals surface area contributed by atoms with Crippen molar-refractivity contribution in [2.45, 2.75) is 25.8 Å². The van der Waals surface area contributed by atoms with Crippen molar-refractivity contribution in [2.24, 2.45) is 0 Å². The van der Waals surface area contributed by atoms with Gasteiger partial charge in [-0.2, -0.15) is 0 Å². The molecule has 1 aromatic rings. The summed E-state index contributed by atoms with van der Waals surface area (Å²) in [5.41, 5.74) is 1.16. The van der Waals surface area contributed by atoms with Gasteiger partial charge in [-0.1, -0.05) is 6.07 Å². The smallest absolute Gasteiger partial charge is 0.328 e. The van der Waals surface area contributed by atoms with E-state index >= 15 is 0 Å². The van der Waals surface area contributed by atoms with Crippen molar-refractivity contribution >= 4 is 17.7 Å². The number of anilines is 1. The fourth-order valence-electron chi connectivity index (χ4n) is 2.32. The number of rotatable bonds is 3. The number of benzene rings is 1. The summed E-state index contributed by atoms with van der Waals surface area (Å²) in [6, 6.07) is 5.20. The van der Waals surface area contributed by atoms with Gasteiger partial charge in [-0.15, -0.1) is 0 Å². The molecule has 1 unspecified atom stereocenters. The second kappa shape index (κ2) is 5.21. The third-order valence-corrected chi connectivity index (χ3v) is 3.25. The molecule has 0 radical (unpaired) electrons. The average Bonchev–Trinajstić information content (AvgIpc) is 2.73. The van der Waals surface area contributed by atoms with Gasteiger partial charge in [0, 0.05) is 18.7 Å². The van der Waals surface area contributed by atoms with Crippen LogP contribution in [0.3, 0.4) is 0 Å². The summed E-state index contributed by atoms with van der Waals surface area (Å²) >= 11 is 0. The summed E-state index contributed by atoms with van der Waals surface area (Å²) in [7, 11) is 0. The lowest BCUT2D eigenvalue weighted by molar-refractivity contribution is -0.131. The van der Waals surface area contributed by atoms with E-state index in [1.165, 1.54) is 12.1 Å². The molecule has 1 aromatic carbocycles. The third-order valence-electron chi connectivity index (χ3n) is 3.25. The van der Waals surface area contributed by atoms with Gasteiger partial charge in [0.05, 0.1) is 5.69 Å². The van der Waals surface area contributed by atoms with Gasteiger partial charge in [-0.25, -0.2) is 9.18 Å². The number of halogens is 1. The van der Waals surface area contributed by atoms with Crippen LogP contribution in [0, 0.1) is 5.82 Å². The largest absolute Gasteiger partial charge is 0.478 e. The maximum atomic E-state index is 14.0. The Balaban J connectivity index is 2.22. The van der Waals surface area contributed by atoms with Gasteiger partial charge in [0.15, 0.2) is 0 Å². The number of aliphatic carboxylic acids is 1. The molecule has 0 aromatic heterocycles. The zero-order valence-electron chi connectivity index (χ0n) is 10.3. The van der Waals surface area contributed by atoms with Crippen molar-refractivity contribution in [1.29, 1.82) is 0 Å². The number of carboxylic acids is 1. The molecule has 96 valence electrons. The molecule has 0 saturated carbocycles. The van der Waals surface area contributed by atoms with E-state index in [0.29, 0.717) is 17.3 Å². The first-order valence-electron chi connectivity index (χ1n) is 6.05. The zero-order chi connectivity index (χ0) is 13.1. The fraction of sp³-hybridized carbons (Fsp3) is 0.357. The second-order valence-corrected chi connectivity index (χ2v) is 4.57. The van der Waals surface area contributed by atoms with Crippen molar-refractivity contribution in [3.8, 4) is 0 Å². The van der Waals surface area contributed by atoms with Crippen LogP contribution in [-0.4, -0.2) is 23.7 Å². The molecule has 0 spiro atoms. The van der Waals surface area contributed by atoms with E-state index in [0.717, 1.165) is 25.5 Å². The topological polar surface area (TPSA) is 40.5 Å². The van der Waals surface area contributed by atoms with Gasteiger partial charge >= 0.3 is 5.97 Å². The standard InChI is InChI=1S/C14H16FNO2/c1-10-3-2-8-16(10)13-6-4-11(9-12(13)15)5-7-14(17)18/h4-7,9-10H,2-3,8H2,1H3,(H,17,18)/b7-5+. The Morgan fingerprint density at radius 1 is 1.56 bits per heavy atom. The van der Waals surface area contributed by atoms with Crippen LogP contribution < -0.4 is 4.90 Å². The Morgan fingerprint density at radius 2 is 2.33 bits per heavy atom. The van der Waals surface area contributed by atoms with E-state index in [4.69, 9.17) is 5.11 Å². The van der Waals surface area contributed by atoms with Gasteiger partial charge < -0.3 is 10.0 Å². The van der Waals surface area contributed by atoms with E-state index in [9.17, 15) is 9.18 Å². The SMILES string of the molecule is CC1CCCN1c1ccc(/C=C/C(=O)O)cc1F. The first-order chi connectivity index (χ1) is 8.58. The molecule has 18 heavy (non-hydrogen) atoms. The van der Waals surface area contributed by atoms with Crippen LogP contribution >= 0.6 is 0 Å². The molecule has 2 rings (SSSR count). The minimum Gasteiger partial charge on any atom is -0.478 e. The lowest BCUT2D eigenvalue weighted by Crippen LogP contribution is -2.27. The summed E-state index contributed by atoms with van der Waals surface area (Å²) in [6.07, 6.45) is 4.57. The van der Waals surface area contributed by atoms with Gasteiger partial charge in [-0.3, -0.25) is 0 Å². The predicted octanol–water partition coefficient (Wildman–Crippen LogP) is 2.91. The van der Waals surface area contributed by atoms with Crippen molar-refractivity contribution in [1.82, 2.24) is 0 Å². The summed E-state index contributed by atoms with van der Waals surface area (Å²) in [6.45, 7) is 2.97. The Bertz CT molecular complexity index is 485. The van der Waals surface area contributed by atoms with Crippen molar-refractivity contribution in [2.75, 3.05) is 11.4 Å². The van der Waals surface area contributed by atoms with Crippen LogP contribution in [0.15, 0.2) is 24.3 Å². The minimum atomic E-state index is -1.03. The van der Waals surface area contributed by atoms with Crippen molar-refractivity contribution in [3.63, 3.8) is 0 Å². The number of nitrogens with zero attached hydrogens (tertiary/aromatic N) is 1. The maximum Gasteiger partial charge on any atom is 0.328 e. The molecule has 1 saturated heterocycles. The normalized spacial score (nSPS) is 19.7. The van der Waals surface area contributed by atoms with Gasteiger partial charge in [0.25, 0.3) is 0 Å². The maximum absolute atomic E-state index is 14.0. The summed E-state index contributed by atoms with van der Waals surface area (Å²) < 4.78 is 14.0. The molecule has 0 amide bonds. The third kappa shape index (κ3) is 2.70. The number of carboxylic acid groups (broad SMARTS) is 1. The Hall–Kier alpha value is -1.84. The van der Waals surface area contributed by atoms with Crippen LogP contribution in [0.2, 0.25) is 0 Å². The van der Waals surface area contributed by atoms with Crippen molar-refractivity contribution < 1.29 is 14.3 Å². The highest BCUT2D eigenvalue weighted by Crippen LogP contribution is 2.28. The van der Waals surface area contributed by atoms with Gasteiger partial charge in [-0.05, 0) is 43.5 Å². The number of carbonyl (C=O) groups is 1. The molecule has 3 nitrogen and oxygen atoms in total. The van der Waals surface area contributed by atoms with Gasteiger partial charge in [0.1, 0.15) is 5.82 Å². The molecular formula is C14H16FNO2. The van der Waals surface area contributed by atoms with E-state index in [1.54, 1.807) is 12.1 Å². The number of hydrogen-bond acceptors (Lipinski definition) is 2. The number of hydrogen-bond donors (Lipinski definition) is 1. The lowest BCUT2D eigenvalue weighted by atomic mass is 10.1. The van der Waals surface area contributed by atoms with Gasteiger partial charge in [0.2, 0.25) is 0 Å². The zero-order valence-corrected chi connectivity index (χ0v) is 10.3. The molecule has 0 aliphatic carbocycles. The highest BCUT2D eigenvalue weighted by atomic mass is 19.1. The Kier molecular flexibility index (Phi) is 3.65. The fourth-order valence-corrected chi connectivity index (χ4v) is 2.32. The first kappa shape index (κ1) is 12.6. The first-order valence-corrected chi connectivity index (χ1v) is 6.05. The Labute approximate surface area is 106 Å². The van der Waals surface area contributed by atoms with Crippen molar-refractivity contribution in [3.05, 3.63) is 35.7 Å². The second-order valence-electron chi connectivity index (χ2n) is 4.57. The lowest BCUT2D eigenvalue weighted by Gasteiger charge is -2.24. The van der Waals surface area contributed by atoms with E-state index < -0.39 is 5.97 Å². The summed E-state index contributed by atoms with van der Waals surface area (Å²) in [5.74, 6) is -1.33. The molecule has 4 heteroatoms.